The molecule has 0 unspecified atom stereocenters. The Balaban J connectivity index is 1.64. The number of nitrogens with zero attached hydrogens (tertiary/aromatic N) is 3. The molecule has 5 heteroatoms. The molecular formula is C11H17ClN4. The number of hydrogen-bond acceptors (Lipinski definition) is 4. The molecule has 4 nitrogen and oxygen atoms in total. The maximum Gasteiger partial charge on any atom is 0.149 e. The van der Waals surface area contributed by atoms with Crippen LogP contribution in [0.4, 0.5) is 5.82 Å². The van der Waals surface area contributed by atoms with Crippen LogP contribution >= 0.6 is 11.6 Å². The Kier molecular flexibility index (Phi) is 4.36. The second-order valence-electron chi connectivity index (χ2n) is 4.06. The maximum absolute atomic E-state index is 5.74. The molecular weight excluding hydrogens is 224 g/mol. The van der Waals surface area contributed by atoms with Gasteiger partial charge in [0, 0.05) is 6.54 Å². The smallest absolute Gasteiger partial charge is 0.149 e. The summed E-state index contributed by atoms with van der Waals surface area (Å²) in [6.45, 7) is 4.61. The quantitative estimate of drug-likeness (QED) is 0.800. The zero-order valence-electron chi connectivity index (χ0n) is 9.32. The second-order valence-corrected chi connectivity index (χ2v) is 4.44. The fourth-order valence-electron chi connectivity index (χ4n) is 1.95. The molecule has 0 radical (unpaired) electrons. The summed E-state index contributed by atoms with van der Waals surface area (Å²) in [4.78, 5) is 10.6. The van der Waals surface area contributed by atoms with Gasteiger partial charge in [0.25, 0.3) is 0 Å². The predicted molar refractivity (Wildman–Crippen MR) is 65.8 cm³/mol. The van der Waals surface area contributed by atoms with E-state index in [-0.39, 0.29) is 0 Å². The Hall–Kier alpha value is -0.870. The first-order chi connectivity index (χ1) is 7.84. The van der Waals surface area contributed by atoms with E-state index in [2.05, 4.69) is 20.2 Å². The van der Waals surface area contributed by atoms with Gasteiger partial charge in [0.1, 0.15) is 11.0 Å². The van der Waals surface area contributed by atoms with Gasteiger partial charge in [-0.3, -0.25) is 4.98 Å². The highest BCUT2D eigenvalue weighted by atomic mass is 35.5. The molecule has 1 aromatic heterocycles. The summed E-state index contributed by atoms with van der Waals surface area (Å²) in [5.74, 6) is 0.758. The van der Waals surface area contributed by atoms with E-state index < -0.39 is 0 Å². The van der Waals surface area contributed by atoms with Gasteiger partial charge in [0.05, 0.1) is 12.4 Å². The van der Waals surface area contributed by atoms with Gasteiger partial charge in [-0.05, 0) is 38.9 Å². The molecule has 0 bridgehead atoms. The van der Waals surface area contributed by atoms with E-state index in [4.69, 9.17) is 11.6 Å². The third kappa shape index (κ3) is 3.61. The SMILES string of the molecule is Clc1cncc(NCCCN2CCCC2)n1. The molecule has 2 heterocycles. The fourth-order valence-corrected chi connectivity index (χ4v) is 2.10. The lowest BCUT2D eigenvalue weighted by molar-refractivity contribution is 0.337. The molecule has 1 aromatic rings. The number of anilines is 1. The Labute approximate surface area is 101 Å². The first-order valence-corrected chi connectivity index (χ1v) is 6.16. The third-order valence-corrected chi connectivity index (χ3v) is 2.94. The Morgan fingerprint density at radius 2 is 2.12 bits per heavy atom. The summed E-state index contributed by atoms with van der Waals surface area (Å²) in [6, 6.07) is 0. The zero-order chi connectivity index (χ0) is 11.2. The molecule has 0 amide bonds. The Bertz CT molecular complexity index is 326. The van der Waals surface area contributed by atoms with Crippen molar-refractivity contribution in [3.8, 4) is 0 Å². The van der Waals surface area contributed by atoms with Crippen molar-refractivity contribution in [2.45, 2.75) is 19.3 Å². The van der Waals surface area contributed by atoms with Crippen LogP contribution in [0.3, 0.4) is 0 Å². The molecule has 1 fully saturated rings. The number of likely N-dealkylation sites (tertiary alicyclic amines) is 1. The van der Waals surface area contributed by atoms with E-state index in [1.807, 2.05) is 0 Å². The highest BCUT2D eigenvalue weighted by Gasteiger charge is 2.09. The molecule has 88 valence electrons. The topological polar surface area (TPSA) is 41.1 Å². The van der Waals surface area contributed by atoms with E-state index in [1.54, 1.807) is 6.20 Å². The minimum Gasteiger partial charge on any atom is -0.369 e. The maximum atomic E-state index is 5.74. The molecule has 0 spiro atoms. The van der Waals surface area contributed by atoms with E-state index in [0.29, 0.717) is 5.15 Å². The van der Waals surface area contributed by atoms with Crippen molar-refractivity contribution < 1.29 is 0 Å². The van der Waals surface area contributed by atoms with Gasteiger partial charge >= 0.3 is 0 Å². The average Bonchev–Trinajstić information content (AvgIpc) is 2.77. The summed E-state index contributed by atoms with van der Waals surface area (Å²) in [6.07, 6.45) is 7.08. The van der Waals surface area contributed by atoms with Crippen molar-refractivity contribution in [2.24, 2.45) is 0 Å². The number of nitrogens with one attached hydrogen (secondary N) is 1. The third-order valence-electron chi connectivity index (χ3n) is 2.76. The number of aromatic nitrogens is 2. The lowest BCUT2D eigenvalue weighted by atomic mass is 10.4. The summed E-state index contributed by atoms with van der Waals surface area (Å²) >= 11 is 5.74. The van der Waals surface area contributed by atoms with Gasteiger partial charge in [-0.1, -0.05) is 11.6 Å². The van der Waals surface area contributed by atoms with Gasteiger partial charge in [0.15, 0.2) is 0 Å². The summed E-state index contributed by atoms with van der Waals surface area (Å²) in [5, 5.41) is 3.66. The molecule has 0 atom stereocenters. The first kappa shape index (κ1) is 11.6. The van der Waals surface area contributed by atoms with Crippen LogP contribution in [0.5, 0.6) is 0 Å². The van der Waals surface area contributed by atoms with E-state index in [0.717, 1.165) is 18.8 Å². The van der Waals surface area contributed by atoms with Gasteiger partial charge in [-0.15, -0.1) is 0 Å². The lowest BCUT2D eigenvalue weighted by Crippen LogP contribution is -2.22. The van der Waals surface area contributed by atoms with Crippen molar-refractivity contribution in [2.75, 3.05) is 31.5 Å². The van der Waals surface area contributed by atoms with Crippen LogP contribution in [0.2, 0.25) is 5.15 Å². The van der Waals surface area contributed by atoms with Gasteiger partial charge in [0.2, 0.25) is 0 Å². The molecule has 16 heavy (non-hydrogen) atoms. The first-order valence-electron chi connectivity index (χ1n) is 5.78. The van der Waals surface area contributed by atoms with Crippen molar-refractivity contribution in [1.82, 2.24) is 14.9 Å². The molecule has 2 rings (SSSR count). The van der Waals surface area contributed by atoms with Crippen LogP contribution in [-0.2, 0) is 0 Å². The molecule has 0 aromatic carbocycles. The minimum absolute atomic E-state index is 0.435. The number of halogens is 1. The second kappa shape index (κ2) is 6.01. The summed E-state index contributed by atoms with van der Waals surface area (Å²) < 4.78 is 0. The van der Waals surface area contributed by atoms with Crippen LogP contribution < -0.4 is 5.32 Å². The highest BCUT2D eigenvalue weighted by molar-refractivity contribution is 6.29. The Morgan fingerprint density at radius 1 is 1.31 bits per heavy atom. The largest absolute Gasteiger partial charge is 0.369 e. The molecule has 0 saturated carbocycles. The standard InChI is InChI=1S/C11H17ClN4/c12-10-8-13-9-11(15-10)14-4-3-7-16-5-1-2-6-16/h8-9H,1-7H2,(H,14,15). The number of rotatable bonds is 5. The van der Waals surface area contributed by atoms with Crippen molar-refractivity contribution in [3.63, 3.8) is 0 Å². The molecule has 0 aliphatic carbocycles. The summed E-state index contributed by atoms with van der Waals surface area (Å²) in [7, 11) is 0. The molecule has 1 saturated heterocycles. The minimum atomic E-state index is 0.435. The highest BCUT2D eigenvalue weighted by Crippen LogP contribution is 2.08. The van der Waals surface area contributed by atoms with Crippen molar-refractivity contribution >= 4 is 17.4 Å². The van der Waals surface area contributed by atoms with Crippen molar-refractivity contribution in [3.05, 3.63) is 17.5 Å². The zero-order valence-corrected chi connectivity index (χ0v) is 10.1. The summed E-state index contributed by atoms with van der Waals surface area (Å²) in [5.41, 5.74) is 0. The van der Waals surface area contributed by atoms with Crippen LogP contribution in [0, 0.1) is 0 Å². The van der Waals surface area contributed by atoms with Crippen LogP contribution in [0.25, 0.3) is 0 Å². The molecule has 1 aliphatic rings. The predicted octanol–water partition coefficient (Wildman–Crippen LogP) is 2.03. The average molecular weight is 241 g/mol. The van der Waals surface area contributed by atoms with Gasteiger partial charge in [-0.25, -0.2) is 4.98 Å². The van der Waals surface area contributed by atoms with E-state index >= 15 is 0 Å². The Morgan fingerprint density at radius 3 is 2.88 bits per heavy atom. The van der Waals surface area contributed by atoms with E-state index in [1.165, 1.54) is 38.7 Å². The van der Waals surface area contributed by atoms with Crippen LogP contribution in [0.15, 0.2) is 12.4 Å². The van der Waals surface area contributed by atoms with E-state index in [9.17, 15) is 0 Å². The van der Waals surface area contributed by atoms with Crippen LogP contribution in [-0.4, -0.2) is 41.0 Å². The lowest BCUT2D eigenvalue weighted by Gasteiger charge is -2.14. The monoisotopic (exact) mass is 240 g/mol. The fraction of sp³-hybridized carbons (Fsp3) is 0.636. The van der Waals surface area contributed by atoms with Gasteiger partial charge < -0.3 is 10.2 Å². The van der Waals surface area contributed by atoms with Crippen LogP contribution in [0.1, 0.15) is 19.3 Å². The van der Waals surface area contributed by atoms with Gasteiger partial charge in [-0.2, -0.15) is 0 Å². The molecule has 1 N–H and O–H groups in total. The number of hydrogen-bond donors (Lipinski definition) is 1. The van der Waals surface area contributed by atoms with Crippen molar-refractivity contribution in [1.29, 1.82) is 0 Å². The molecule has 1 aliphatic heterocycles. The normalized spacial score (nSPS) is 16.6.